The highest BCUT2D eigenvalue weighted by molar-refractivity contribution is 4.78. The second kappa shape index (κ2) is 5.83. The zero-order valence-corrected chi connectivity index (χ0v) is 9.75. The van der Waals surface area contributed by atoms with Gasteiger partial charge in [0.25, 0.3) is 0 Å². The van der Waals surface area contributed by atoms with Gasteiger partial charge < -0.3 is 16.0 Å². The third-order valence-corrected chi connectivity index (χ3v) is 3.61. The van der Waals surface area contributed by atoms with E-state index < -0.39 is 0 Å². The van der Waals surface area contributed by atoms with Gasteiger partial charge in [0.2, 0.25) is 0 Å². The average Bonchev–Trinajstić information content (AvgIpc) is 3.03. The van der Waals surface area contributed by atoms with E-state index in [0.717, 1.165) is 24.9 Å². The summed E-state index contributed by atoms with van der Waals surface area (Å²) in [6.07, 6.45) is 5.67. The summed E-state index contributed by atoms with van der Waals surface area (Å²) < 4.78 is 0. The molecule has 3 nitrogen and oxygen atoms in total. The number of piperidine rings is 1. The van der Waals surface area contributed by atoms with Gasteiger partial charge in [-0.1, -0.05) is 0 Å². The summed E-state index contributed by atoms with van der Waals surface area (Å²) in [7, 11) is 0. The summed E-state index contributed by atoms with van der Waals surface area (Å²) in [6.45, 7) is 6.89. The Balaban J connectivity index is 1.58. The van der Waals surface area contributed by atoms with Crippen LogP contribution in [0.3, 0.4) is 0 Å². The Hall–Kier alpha value is -0.120. The van der Waals surface area contributed by atoms with Crippen LogP contribution < -0.4 is 11.1 Å². The van der Waals surface area contributed by atoms with Crippen LogP contribution >= 0.6 is 0 Å². The Morgan fingerprint density at radius 2 is 1.93 bits per heavy atom. The lowest BCUT2D eigenvalue weighted by Crippen LogP contribution is -2.41. The van der Waals surface area contributed by atoms with Gasteiger partial charge in [-0.2, -0.15) is 0 Å². The Kier molecular flexibility index (Phi) is 4.42. The van der Waals surface area contributed by atoms with E-state index in [4.69, 9.17) is 5.73 Å². The summed E-state index contributed by atoms with van der Waals surface area (Å²) in [6, 6.07) is 0. The maximum atomic E-state index is 5.60. The van der Waals surface area contributed by atoms with Crippen molar-refractivity contribution in [2.45, 2.75) is 25.7 Å². The van der Waals surface area contributed by atoms with Crippen molar-refractivity contribution in [1.82, 2.24) is 10.2 Å². The van der Waals surface area contributed by atoms with E-state index in [1.54, 1.807) is 0 Å². The maximum Gasteiger partial charge on any atom is 0.0105 e. The first-order valence-electron chi connectivity index (χ1n) is 6.51. The zero-order valence-electron chi connectivity index (χ0n) is 9.75. The van der Waals surface area contributed by atoms with Crippen molar-refractivity contribution in [3.05, 3.63) is 0 Å². The van der Waals surface area contributed by atoms with Crippen molar-refractivity contribution < 1.29 is 0 Å². The van der Waals surface area contributed by atoms with Gasteiger partial charge in [-0.25, -0.2) is 0 Å². The Morgan fingerprint density at radius 1 is 1.13 bits per heavy atom. The molecule has 2 fully saturated rings. The summed E-state index contributed by atoms with van der Waals surface area (Å²) in [5, 5.41) is 3.62. The van der Waals surface area contributed by atoms with Crippen molar-refractivity contribution in [3.8, 4) is 0 Å². The molecule has 1 atom stereocenters. The normalized spacial score (nSPS) is 28.2. The van der Waals surface area contributed by atoms with Crippen LogP contribution in [0, 0.1) is 11.8 Å². The summed E-state index contributed by atoms with van der Waals surface area (Å²) >= 11 is 0. The lowest BCUT2D eigenvalue weighted by Gasteiger charge is -2.32. The van der Waals surface area contributed by atoms with Gasteiger partial charge in [-0.15, -0.1) is 0 Å². The average molecular weight is 211 g/mol. The molecule has 3 heteroatoms. The Morgan fingerprint density at radius 3 is 2.67 bits per heavy atom. The van der Waals surface area contributed by atoms with Crippen LogP contribution in [0.2, 0.25) is 0 Å². The SMILES string of the molecule is NCCN1CCCC(CNCC2CC2)C1. The minimum Gasteiger partial charge on any atom is -0.329 e. The highest BCUT2D eigenvalue weighted by Gasteiger charge is 2.22. The first kappa shape index (κ1) is 11.4. The Labute approximate surface area is 93.4 Å². The summed E-state index contributed by atoms with van der Waals surface area (Å²) in [5.74, 6) is 1.87. The molecule has 1 heterocycles. The van der Waals surface area contributed by atoms with E-state index in [1.807, 2.05) is 0 Å². The smallest absolute Gasteiger partial charge is 0.0105 e. The minimum atomic E-state index is 0.808. The molecule has 0 aromatic rings. The van der Waals surface area contributed by atoms with Gasteiger partial charge in [-0.3, -0.25) is 0 Å². The summed E-state index contributed by atoms with van der Waals surface area (Å²) in [5.41, 5.74) is 5.60. The van der Waals surface area contributed by atoms with Crippen LogP contribution in [0.5, 0.6) is 0 Å². The first-order chi connectivity index (χ1) is 7.38. The molecule has 1 unspecified atom stereocenters. The van der Waals surface area contributed by atoms with Crippen molar-refractivity contribution in [2.75, 3.05) is 39.3 Å². The van der Waals surface area contributed by atoms with Crippen LogP contribution in [0.4, 0.5) is 0 Å². The maximum absolute atomic E-state index is 5.60. The highest BCUT2D eigenvalue weighted by atomic mass is 15.1. The van der Waals surface area contributed by atoms with Gasteiger partial charge in [0, 0.05) is 19.6 Å². The highest BCUT2D eigenvalue weighted by Crippen LogP contribution is 2.27. The molecule has 15 heavy (non-hydrogen) atoms. The molecular weight excluding hydrogens is 186 g/mol. The number of nitrogens with zero attached hydrogens (tertiary/aromatic N) is 1. The third-order valence-electron chi connectivity index (χ3n) is 3.61. The molecule has 1 aliphatic heterocycles. The molecule has 2 aliphatic rings. The molecule has 88 valence electrons. The monoisotopic (exact) mass is 211 g/mol. The second-order valence-electron chi connectivity index (χ2n) is 5.20. The fourth-order valence-corrected chi connectivity index (χ4v) is 2.52. The predicted molar refractivity (Wildman–Crippen MR) is 63.8 cm³/mol. The molecule has 0 aromatic heterocycles. The fraction of sp³-hybridized carbons (Fsp3) is 1.00. The van der Waals surface area contributed by atoms with Crippen molar-refractivity contribution in [3.63, 3.8) is 0 Å². The molecule has 2 rings (SSSR count). The van der Waals surface area contributed by atoms with Gasteiger partial charge in [0.15, 0.2) is 0 Å². The number of rotatable bonds is 6. The fourth-order valence-electron chi connectivity index (χ4n) is 2.52. The van der Waals surface area contributed by atoms with Crippen LogP contribution in [0.15, 0.2) is 0 Å². The molecule has 0 amide bonds. The van der Waals surface area contributed by atoms with Gasteiger partial charge in [-0.05, 0) is 57.2 Å². The lowest BCUT2D eigenvalue weighted by molar-refractivity contribution is 0.176. The van der Waals surface area contributed by atoms with E-state index in [2.05, 4.69) is 10.2 Å². The van der Waals surface area contributed by atoms with Crippen LogP contribution in [0.1, 0.15) is 25.7 Å². The van der Waals surface area contributed by atoms with Crippen LogP contribution in [0.25, 0.3) is 0 Å². The third kappa shape index (κ3) is 4.09. The molecule has 0 spiro atoms. The van der Waals surface area contributed by atoms with E-state index in [-0.39, 0.29) is 0 Å². The molecule has 1 saturated heterocycles. The van der Waals surface area contributed by atoms with E-state index in [0.29, 0.717) is 0 Å². The van der Waals surface area contributed by atoms with Crippen molar-refractivity contribution in [2.24, 2.45) is 17.6 Å². The lowest BCUT2D eigenvalue weighted by atomic mass is 9.98. The zero-order chi connectivity index (χ0) is 10.5. The molecule has 1 saturated carbocycles. The number of likely N-dealkylation sites (tertiary alicyclic amines) is 1. The van der Waals surface area contributed by atoms with E-state index >= 15 is 0 Å². The first-order valence-corrected chi connectivity index (χ1v) is 6.51. The van der Waals surface area contributed by atoms with Gasteiger partial charge >= 0.3 is 0 Å². The van der Waals surface area contributed by atoms with Crippen LogP contribution in [-0.4, -0.2) is 44.2 Å². The molecule has 3 N–H and O–H groups in total. The Bertz CT molecular complexity index is 178. The standard InChI is InChI=1S/C12H25N3/c13-5-7-15-6-1-2-12(10-15)9-14-8-11-3-4-11/h11-12,14H,1-10,13H2. The van der Waals surface area contributed by atoms with E-state index in [1.165, 1.54) is 51.9 Å². The van der Waals surface area contributed by atoms with Gasteiger partial charge in [0.1, 0.15) is 0 Å². The minimum absolute atomic E-state index is 0.808. The molecule has 0 radical (unpaired) electrons. The molecule has 0 bridgehead atoms. The molecular formula is C12H25N3. The largest absolute Gasteiger partial charge is 0.329 e. The number of nitrogens with one attached hydrogen (secondary N) is 1. The molecule has 1 aliphatic carbocycles. The van der Waals surface area contributed by atoms with Crippen molar-refractivity contribution in [1.29, 1.82) is 0 Å². The van der Waals surface area contributed by atoms with Gasteiger partial charge in [0.05, 0.1) is 0 Å². The number of hydrogen-bond acceptors (Lipinski definition) is 3. The van der Waals surface area contributed by atoms with Crippen molar-refractivity contribution >= 4 is 0 Å². The number of nitrogens with two attached hydrogens (primary N) is 1. The number of hydrogen-bond donors (Lipinski definition) is 2. The molecule has 0 aromatic carbocycles. The summed E-state index contributed by atoms with van der Waals surface area (Å²) in [4.78, 5) is 2.52. The second-order valence-corrected chi connectivity index (χ2v) is 5.20. The van der Waals surface area contributed by atoms with E-state index in [9.17, 15) is 0 Å². The van der Waals surface area contributed by atoms with Crippen LogP contribution in [-0.2, 0) is 0 Å². The topological polar surface area (TPSA) is 41.3 Å². The predicted octanol–water partition coefficient (Wildman–Crippen LogP) is 0.657. The quantitative estimate of drug-likeness (QED) is 0.678.